The van der Waals surface area contributed by atoms with Crippen LogP contribution in [0.2, 0.25) is 0 Å². The lowest BCUT2D eigenvalue weighted by Crippen LogP contribution is -2.04. The molecule has 1 aromatic heterocycles. The summed E-state index contributed by atoms with van der Waals surface area (Å²) in [7, 11) is 1.64. The Labute approximate surface area is 165 Å². The first-order valence-corrected chi connectivity index (χ1v) is 9.16. The van der Waals surface area contributed by atoms with Gasteiger partial charge < -0.3 is 9.47 Å². The number of allylic oxidation sites excluding steroid dienone is 1. The third-order valence-corrected chi connectivity index (χ3v) is 4.38. The summed E-state index contributed by atoms with van der Waals surface area (Å²) < 4.78 is 12.4. The van der Waals surface area contributed by atoms with Gasteiger partial charge in [-0.05, 0) is 49.8 Å². The molecule has 3 aromatic rings. The maximum atomic E-state index is 12.8. The Kier molecular flexibility index (Phi) is 6.40. The minimum atomic E-state index is -0.0668. The number of benzene rings is 2. The SMILES string of the molecule is COCCOc1cccc(/C=C/C(=O)c2c(C)nn(-c3ccccc3)c2C)c1. The van der Waals surface area contributed by atoms with Gasteiger partial charge in [0.2, 0.25) is 0 Å². The second-order valence-electron chi connectivity index (χ2n) is 6.40. The molecule has 144 valence electrons. The largest absolute Gasteiger partial charge is 0.491 e. The van der Waals surface area contributed by atoms with Crippen molar-refractivity contribution >= 4 is 11.9 Å². The second-order valence-corrected chi connectivity index (χ2v) is 6.40. The first-order valence-electron chi connectivity index (χ1n) is 9.16. The summed E-state index contributed by atoms with van der Waals surface area (Å²) in [4.78, 5) is 12.8. The predicted octanol–water partition coefficient (Wildman–Crippen LogP) is 4.41. The summed E-state index contributed by atoms with van der Waals surface area (Å²) in [5, 5.41) is 4.54. The highest BCUT2D eigenvalue weighted by atomic mass is 16.5. The summed E-state index contributed by atoms with van der Waals surface area (Å²) in [5.74, 6) is 0.679. The molecule has 5 nitrogen and oxygen atoms in total. The van der Waals surface area contributed by atoms with Crippen molar-refractivity contribution in [3.63, 3.8) is 0 Å². The lowest BCUT2D eigenvalue weighted by molar-refractivity contribution is 0.104. The van der Waals surface area contributed by atoms with Crippen LogP contribution in [0.3, 0.4) is 0 Å². The zero-order chi connectivity index (χ0) is 19.9. The number of hydrogen-bond acceptors (Lipinski definition) is 4. The fraction of sp³-hybridized carbons (Fsp3) is 0.217. The number of aromatic nitrogens is 2. The number of methoxy groups -OCH3 is 1. The van der Waals surface area contributed by atoms with Gasteiger partial charge in [0.25, 0.3) is 0 Å². The van der Waals surface area contributed by atoms with Crippen LogP contribution >= 0.6 is 0 Å². The van der Waals surface area contributed by atoms with E-state index in [4.69, 9.17) is 9.47 Å². The van der Waals surface area contributed by atoms with Crippen LogP contribution in [0.1, 0.15) is 27.3 Å². The molecule has 0 bridgehead atoms. The second kappa shape index (κ2) is 9.15. The Balaban J connectivity index is 1.78. The maximum absolute atomic E-state index is 12.8. The van der Waals surface area contributed by atoms with Gasteiger partial charge in [0.15, 0.2) is 5.78 Å². The maximum Gasteiger partial charge on any atom is 0.189 e. The van der Waals surface area contributed by atoms with E-state index < -0.39 is 0 Å². The van der Waals surface area contributed by atoms with E-state index in [1.54, 1.807) is 23.9 Å². The molecule has 0 aliphatic rings. The third kappa shape index (κ3) is 4.56. The molecule has 0 amide bonds. The molecule has 2 aromatic carbocycles. The molecule has 0 atom stereocenters. The minimum absolute atomic E-state index is 0.0668. The van der Waals surface area contributed by atoms with Gasteiger partial charge >= 0.3 is 0 Å². The van der Waals surface area contributed by atoms with E-state index >= 15 is 0 Å². The van der Waals surface area contributed by atoms with Crippen LogP contribution in [0.15, 0.2) is 60.7 Å². The number of rotatable bonds is 8. The van der Waals surface area contributed by atoms with Crippen molar-refractivity contribution < 1.29 is 14.3 Å². The summed E-state index contributed by atoms with van der Waals surface area (Å²) in [6.45, 7) is 4.79. The molecular weight excluding hydrogens is 352 g/mol. The van der Waals surface area contributed by atoms with Crippen LogP contribution in [-0.2, 0) is 4.74 Å². The fourth-order valence-electron chi connectivity index (χ4n) is 3.03. The molecular formula is C23H24N2O3. The zero-order valence-corrected chi connectivity index (χ0v) is 16.4. The Morgan fingerprint density at radius 3 is 2.61 bits per heavy atom. The number of carbonyl (C=O) groups is 1. The molecule has 5 heteroatoms. The van der Waals surface area contributed by atoms with Gasteiger partial charge in [0.05, 0.1) is 29.2 Å². The average Bonchev–Trinajstić information content (AvgIpc) is 3.01. The summed E-state index contributed by atoms with van der Waals surface area (Å²) >= 11 is 0. The quantitative estimate of drug-likeness (QED) is 0.332. The van der Waals surface area contributed by atoms with E-state index in [0.717, 1.165) is 22.7 Å². The summed E-state index contributed by atoms with van der Waals surface area (Å²) in [6, 6.07) is 17.4. The molecule has 3 rings (SSSR count). The smallest absolute Gasteiger partial charge is 0.189 e. The number of ketones is 1. The normalized spacial score (nSPS) is 11.1. The van der Waals surface area contributed by atoms with Gasteiger partial charge in [-0.25, -0.2) is 4.68 Å². The van der Waals surface area contributed by atoms with Crippen molar-refractivity contribution in [3.05, 3.63) is 83.2 Å². The monoisotopic (exact) mass is 376 g/mol. The summed E-state index contributed by atoms with van der Waals surface area (Å²) in [6.07, 6.45) is 3.38. The van der Waals surface area contributed by atoms with Crippen molar-refractivity contribution in [2.45, 2.75) is 13.8 Å². The first kappa shape index (κ1) is 19.6. The van der Waals surface area contributed by atoms with E-state index in [2.05, 4.69) is 5.10 Å². The number of para-hydroxylation sites is 1. The van der Waals surface area contributed by atoms with E-state index in [0.29, 0.717) is 24.5 Å². The molecule has 0 fully saturated rings. The molecule has 0 saturated carbocycles. The van der Waals surface area contributed by atoms with E-state index in [9.17, 15) is 4.79 Å². The molecule has 0 saturated heterocycles. The molecule has 1 heterocycles. The lowest BCUT2D eigenvalue weighted by atomic mass is 10.1. The molecule has 0 spiro atoms. The van der Waals surface area contributed by atoms with Gasteiger partial charge in [-0.3, -0.25) is 4.79 Å². The van der Waals surface area contributed by atoms with Crippen LogP contribution in [0, 0.1) is 13.8 Å². The van der Waals surface area contributed by atoms with Gasteiger partial charge in [0, 0.05) is 7.11 Å². The van der Waals surface area contributed by atoms with E-state index in [1.165, 1.54) is 0 Å². The van der Waals surface area contributed by atoms with Gasteiger partial charge in [-0.1, -0.05) is 36.4 Å². The molecule has 0 unspecified atom stereocenters. The first-order chi connectivity index (χ1) is 13.6. The highest BCUT2D eigenvalue weighted by Crippen LogP contribution is 2.20. The molecule has 0 aliphatic heterocycles. The lowest BCUT2D eigenvalue weighted by Gasteiger charge is -2.06. The van der Waals surface area contributed by atoms with Crippen molar-refractivity contribution in [1.82, 2.24) is 9.78 Å². The number of hydrogen-bond donors (Lipinski definition) is 0. The standard InChI is InChI=1S/C23H24N2O3/c1-17-23(18(2)25(24-17)20-9-5-4-6-10-20)22(26)13-12-19-8-7-11-21(16-19)28-15-14-27-3/h4-13,16H,14-15H2,1-3H3/b13-12+. The Morgan fingerprint density at radius 1 is 1.07 bits per heavy atom. The van der Waals surface area contributed by atoms with Crippen molar-refractivity contribution in [2.75, 3.05) is 20.3 Å². The van der Waals surface area contributed by atoms with Crippen LogP contribution in [0.5, 0.6) is 5.75 Å². The number of ether oxygens (including phenoxy) is 2. The molecule has 0 N–H and O–H groups in total. The van der Waals surface area contributed by atoms with Crippen molar-refractivity contribution in [1.29, 1.82) is 0 Å². The fourth-order valence-corrected chi connectivity index (χ4v) is 3.03. The average molecular weight is 376 g/mol. The van der Waals surface area contributed by atoms with E-state index in [-0.39, 0.29) is 5.78 Å². The molecule has 0 aliphatic carbocycles. The number of aryl methyl sites for hydroxylation is 1. The summed E-state index contributed by atoms with van der Waals surface area (Å²) in [5.41, 5.74) is 4.01. The Bertz CT molecular complexity index is 975. The number of nitrogens with zero attached hydrogens (tertiary/aromatic N) is 2. The minimum Gasteiger partial charge on any atom is -0.491 e. The topological polar surface area (TPSA) is 53.4 Å². The highest BCUT2D eigenvalue weighted by molar-refractivity contribution is 6.08. The van der Waals surface area contributed by atoms with Crippen molar-refractivity contribution in [3.8, 4) is 11.4 Å². The van der Waals surface area contributed by atoms with Gasteiger partial charge in [0.1, 0.15) is 12.4 Å². The molecule has 0 radical (unpaired) electrons. The Hall–Kier alpha value is -3.18. The predicted molar refractivity (Wildman–Crippen MR) is 110 cm³/mol. The van der Waals surface area contributed by atoms with Crippen LogP contribution < -0.4 is 4.74 Å². The molecule has 28 heavy (non-hydrogen) atoms. The van der Waals surface area contributed by atoms with Crippen LogP contribution in [0.4, 0.5) is 0 Å². The Morgan fingerprint density at radius 2 is 1.86 bits per heavy atom. The third-order valence-electron chi connectivity index (χ3n) is 4.38. The van der Waals surface area contributed by atoms with Gasteiger partial charge in [-0.15, -0.1) is 0 Å². The van der Waals surface area contributed by atoms with Gasteiger partial charge in [-0.2, -0.15) is 5.10 Å². The van der Waals surface area contributed by atoms with Crippen LogP contribution in [-0.4, -0.2) is 35.9 Å². The number of carbonyl (C=O) groups excluding carboxylic acids is 1. The van der Waals surface area contributed by atoms with E-state index in [1.807, 2.05) is 68.4 Å². The highest BCUT2D eigenvalue weighted by Gasteiger charge is 2.17. The van der Waals surface area contributed by atoms with Crippen LogP contribution in [0.25, 0.3) is 11.8 Å². The zero-order valence-electron chi connectivity index (χ0n) is 16.4. The van der Waals surface area contributed by atoms with Crippen molar-refractivity contribution in [2.24, 2.45) is 0 Å².